The van der Waals surface area contributed by atoms with E-state index >= 15 is 0 Å². The second-order valence-electron chi connectivity index (χ2n) is 8.10. The van der Waals surface area contributed by atoms with Crippen LogP contribution < -0.4 is 21.9 Å². The molecule has 1 amide bonds. The normalized spacial score (nSPS) is 10.9. The van der Waals surface area contributed by atoms with Crippen LogP contribution in [0.5, 0.6) is 0 Å². The SMILES string of the molecule is COCCCN(CC(=O)N(C)Cc1cnn(C)c1)c1c(N)n(Cc2ccccc2)c(=O)[nH]c1=O. The summed E-state index contributed by atoms with van der Waals surface area (Å²) in [5.74, 6) is -0.196. The molecule has 0 spiro atoms. The fraction of sp³-hybridized carbons (Fsp3) is 0.391. The zero-order valence-corrected chi connectivity index (χ0v) is 19.7. The van der Waals surface area contributed by atoms with Crippen molar-refractivity contribution in [3.63, 3.8) is 0 Å². The van der Waals surface area contributed by atoms with Crippen molar-refractivity contribution in [2.75, 3.05) is 44.5 Å². The Bertz CT molecular complexity index is 1220. The number of hydrogen-bond donors (Lipinski definition) is 2. The fourth-order valence-electron chi connectivity index (χ4n) is 3.68. The second-order valence-corrected chi connectivity index (χ2v) is 8.10. The summed E-state index contributed by atoms with van der Waals surface area (Å²) < 4.78 is 8.11. The molecule has 3 aromatic rings. The van der Waals surface area contributed by atoms with Crippen molar-refractivity contribution >= 4 is 17.4 Å². The maximum Gasteiger partial charge on any atom is 0.330 e. The highest BCUT2D eigenvalue weighted by atomic mass is 16.5. The highest BCUT2D eigenvalue weighted by Gasteiger charge is 2.23. The van der Waals surface area contributed by atoms with Crippen molar-refractivity contribution in [1.29, 1.82) is 0 Å². The van der Waals surface area contributed by atoms with E-state index in [0.29, 0.717) is 26.1 Å². The molecule has 0 radical (unpaired) electrons. The average molecular weight is 470 g/mol. The van der Waals surface area contributed by atoms with Gasteiger partial charge in [0, 0.05) is 52.7 Å². The lowest BCUT2D eigenvalue weighted by molar-refractivity contribution is -0.128. The van der Waals surface area contributed by atoms with E-state index in [2.05, 4.69) is 10.1 Å². The number of carbonyl (C=O) groups is 1. The Balaban J connectivity index is 1.89. The number of ether oxygens (including phenoxy) is 1. The van der Waals surface area contributed by atoms with Gasteiger partial charge in [0.15, 0.2) is 0 Å². The number of hydrogen-bond acceptors (Lipinski definition) is 7. The number of likely N-dealkylation sites (N-methyl/N-ethyl adjacent to an activating group) is 1. The molecule has 0 fully saturated rings. The van der Waals surface area contributed by atoms with E-state index in [-0.39, 0.29) is 30.5 Å². The molecule has 0 bridgehead atoms. The lowest BCUT2D eigenvalue weighted by Gasteiger charge is -2.27. The van der Waals surface area contributed by atoms with Crippen molar-refractivity contribution in [2.45, 2.75) is 19.5 Å². The Morgan fingerprint density at radius 2 is 1.94 bits per heavy atom. The first-order chi connectivity index (χ1) is 16.3. The number of rotatable bonds is 11. The van der Waals surface area contributed by atoms with Gasteiger partial charge in [0.2, 0.25) is 5.91 Å². The molecule has 11 nitrogen and oxygen atoms in total. The predicted octanol–water partition coefficient (Wildman–Crippen LogP) is 0.402. The number of nitrogens with zero attached hydrogens (tertiary/aromatic N) is 5. The van der Waals surface area contributed by atoms with E-state index in [0.717, 1.165) is 11.1 Å². The Kier molecular flexibility index (Phi) is 8.25. The lowest BCUT2D eigenvalue weighted by atomic mass is 10.2. The highest BCUT2D eigenvalue weighted by molar-refractivity contribution is 5.82. The van der Waals surface area contributed by atoms with Crippen LogP contribution in [-0.2, 0) is 29.7 Å². The van der Waals surface area contributed by atoms with Gasteiger partial charge in [-0.15, -0.1) is 0 Å². The number of benzene rings is 1. The summed E-state index contributed by atoms with van der Waals surface area (Å²) in [6.07, 6.45) is 4.09. The van der Waals surface area contributed by atoms with Gasteiger partial charge >= 0.3 is 5.69 Å². The van der Waals surface area contributed by atoms with Crippen LogP contribution in [-0.4, -0.2) is 64.0 Å². The number of aryl methyl sites for hydroxylation is 1. The van der Waals surface area contributed by atoms with Crippen LogP contribution in [0.2, 0.25) is 0 Å². The molecule has 0 saturated heterocycles. The van der Waals surface area contributed by atoms with Gasteiger partial charge in [0.05, 0.1) is 19.3 Å². The smallest absolute Gasteiger partial charge is 0.330 e. The maximum atomic E-state index is 13.0. The second kappa shape index (κ2) is 11.3. The van der Waals surface area contributed by atoms with E-state index in [1.165, 1.54) is 4.57 Å². The summed E-state index contributed by atoms with van der Waals surface area (Å²) in [6, 6.07) is 9.32. The van der Waals surface area contributed by atoms with E-state index < -0.39 is 11.2 Å². The number of nitrogens with one attached hydrogen (secondary N) is 1. The Morgan fingerprint density at radius 1 is 1.21 bits per heavy atom. The minimum Gasteiger partial charge on any atom is -0.385 e. The highest BCUT2D eigenvalue weighted by Crippen LogP contribution is 2.18. The summed E-state index contributed by atoms with van der Waals surface area (Å²) in [5, 5.41) is 4.12. The van der Waals surface area contributed by atoms with Crippen molar-refractivity contribution in [2.24, 2.45) is 7.05 Å². The monoisotopic (exact) mass is 469 g/mol. The van der Waals surface area contributed by atoms with Crippen LogP contribution in [0.1, 0.15) is 17.5 Å². The van der Waals surface area contributed by atoms with Crippen molar-refractivity contribution in [3.05, 3.63) is 74.7 Å². The summed E-state index contributed by atoms with van der Waals surface area (Å²) in [4.78, 5) is 43.9. The number of aromatic nitrogens is 4. The topological polar surface area (TPSA) is 131 Å². The third-order valence-corrected chi connectivity index (χ3v) is 5.42. The Morgan fingerprint density at radius 3 is 2.59 bits per heavy atom. The molecule has 182 valence electrons. The lowest BCUT2D eigenvalue weighted by Crippen LogP contribution is -2.44. The van der Waals surface area contributed by atoms with Crippen LogP contribution in [0.4, 0.5) is 11.5 Å². The number of nitrogens with two attached hydrogens (primary N) is 1. The molecular formula is C23H31N7O4. The number of H-pyrrole nitrogens is 1. The average Bonchev–Trinajstić information content (AvgIpc) is 3.21. The van der Waals surface area contributed by atoms with Crippen molar-refractivity contribution < 1.29 is 9.53 Å². The molecule has 2 heterocycles. The molecule has 1 aromatic carbocycles. The van der Waals surface area contributed by atoms with Crippen molar-refractivity contribution in [1.82, 2.24) is 24.2 Å². The van der Waals surface area contributed by atoms with E-state index in [9.17, 15) is 14.4 Å². The van der Waals surface area contributed by atoms with Crippen LogP contribution >= 0.6 is 0 Å². The standard InChI is InChI=1S/C23H31N7O4/c1-27(13-18-12-25-28(2)14-18)19(31)16-29(10-7-11-34-3)20-21(24)30(23(33)26-22(20)32)15-17-8-5-4-6-9-17/h4-6,8-9,12,14H,7,10-11,13,15-16,24H2,1-3H3,(H,26,32,33). The molecule has 3 N–H and O–H groups in total. The molecule has 11 heteroatoms. The first-order valence-corrected chi connectivity index (χ1v) is 10.9. The summed E-state index contributed by atoms with van der Waals surface area (Å²) in [7, 11) is 5.08. The zero-order chi connectivity index (χ0) is 24.7. The molecule has 3 rings (SSSR count). The number of anilines is 2. The van der Waals surface area contributed by atoms with Gasteiger partial charge in [-0.1, -0.05) is 30.3 Å². The minimum atomic E-state index is -0.632. The molecular weight excluding hydrogens is 438 g/mol. The van der Waals surface area contributed by atoms with Crippen LogP contribution in [0.3, 0.4) is 0 Å². The largest absolute Gasteiger partial charge is 0.385 e. The van der Waals surface area contributed by atoms with Gasteiger partial charge in [0.25, 0.3) is 5.56 Å². The first-order valence-electron chi connectivity index (χ1n) is 10.9. The third-order valence-electron chi connectivity index (χ3n) is 5.42. The molecule has 0 aliphatic rings. The number of amides is 1. The maximum absolute atomic E-state index is 13.0. The van der Waals surface area contributed by atoms with Crippen molar-refractivity contribution in [3.8, 4) is 0 Å². The van der Waals surface area contributed by atoms with Crippen LogP contribution in [0.15, 0.2) is 52.3 Å². The quantitative estimate of drug-likeness (QED) is 0.389. The molecule has 0 aliphatic carbocycles. The molecule has 0 unspecified atom stereocenters. The predicted molar refractivity (Wildman–Crippen MR) is 130 cm³/mol. The minimum absolute atomic E-state index is 0.0118. The van der Waals surface area contributed by atoms with Gasteiger partial charge < -0.3 is 20.3 Å². The summed E-state index contributed by atoms with van der Waals surface area (Å²) >= 11 is 0. The molecule has 0 saturated carbocycles. The summed E-state index contributed by atoms with van der Waals surface area (Å²) in [6.45, 7) is 1.26. The zero-order valence-electron chi connectivity index (χ0n) is 19.7. The summed E-state index contributed by atoms with van der Waals surface area (Å²) in [5.41, 5.74) is 6.95. The van der Waals surface area contributed by atoms with Gasteiger partial charge in [-0.3, -0.25) is 23.8 Å². The van der Waals surface area contributed by atoms with Gasteiger partial charge in [0.1, 0.15) is 11.5 Å². The van der Waals surface area contributed by atoms with E-state index in [1.54, 1.807) is 34.8 Å². The number of methoxy groups -OCH3 is 1. The van der Waals surface area contributed by atoms with E-state index in [4.69, 9.17) is 10.5 Å². The molecule has 0 aliphatic heterocycles. The van der Waals surface area contributed by atoms with Crippen LogP contribution in [0, 0.1) is 0 Å². The Labute approximate surface area is 197 Å². The number of nitrogen functional groups attached to an aromatic ring is 1. The van der Waals surface area contributed by atoms with Gasteiger partial charge in [-0.05, 0) is 12.0 Å². The van der Waals surface area contributed by atoms with Gasteiger partial charge in [-0.2, -0.15) is 5.10 Å². The molecule has 2 aromatic heterocycles. The first kappa shape index (κ1) is 24.8. The fourth-order valence-corrected chi connectivity index (χ4v) is 3.68. The van der Waals surface area contributed by atoms with Crippen LogP contribution in [0.25, 0.3) is 0 Å². The number of carbonyl (C=O) groups excluding carboxylic acids is 1. The Hall–Kier alpha value is -3.86. The molecule has 0 atom stereocenters. The third kappa shape index (κ3) is 6.13. The molecule has 34 heavy (non-hydrogen) atoms. The van der Waals surface area contributed by atoms with E-state index in [1.807, 2.05) is 43.6 Å². The van der Waals surface area contributed by atoms with Gasteiger partial charge in [-0.25, -0.2) is 4.79 Å². The number of aromatic amines is 1.